The van der Waals surface area contributed by atoms with Crippen molar-refractivity contribution in [2.75, 3.05) is 0 Å². The molecular weight excluding hydrogens is 486 g/mol. The Labute approximate surface area is 235 Å². The smallest absolute Gasteiger partial charge is 0.326 e. The van der Waals surface area contributed by atoms with Gasteiger partial charge >= 0.3 is 18.0 Å². The van der Waals surface area contributed by atoms with E-state index >= 15 is 0 Å². The molecule has 0 aliphatic heterocycles. The number of rotatable bonds is 6. The monoisotopic (exact) mass is 537 g/mol. The second-order valence-corrected chi connectivity index (χ2v) is 16.8. The van der Waals surface area contributed by atoms with Crippen LogP contribution in [0.4, 0.5) is 0 Å². The van der Waals surface area contributed by atoms with Gasteiger partial charge in [0.1, 0.15) is 18.3 Å². The van der Waals surface area contributed by atoms with Crippen molar-refractivity contribution in [2.24, 2.45) is 50.2 Å². The first kappa shape index (κ1) is 26.3. The lowest BCUT2D eigenvalue weighted by atomic mass is 9.70. The van der Waals surface area contributed by atoms with Crippen molar-refractivity contribution in [3.8, 4) is 18.0 Å². The van der Waals surface area contributed by atoms with E-state index in [2.05, 4.69) is 62.3 Å². The molecule has 6 aliphatic rings. The molecule has 0 aromatic carbocycles. The van der Waals surface area contributed by atoms with Crippen LogP contribution in [0.1, 0.15) is 120 Å². The zero-order chi connectivity index (χ0) is 27.8. The number of ether oxygens (including phenoxy) is 3. The number of nitrogens with zero attached hydrogens (tertiary/aromatic N) is 3. The largest absolute Gasteiger partial charge is 0.459 e. The first-order valence-electron chi connectivity index (χ1n) is 15.9. The molecule has 7 rings (SSSR count). The van der Waals surface area contributed by atoms with Crippen molar-refractivity contribution in [2.45, 2.75) is 138 Å². The molecule has 9 atom stereocenters. The second kappa shape index (κ2) is 7.82. The van der Waals surface area contributed by atoms with Gasteiger partial charge < -0.3 is 14.2 Å². The van der Waals surface area contributed by atoms with Gasteiger partial charge in [0.05, 0.1) is 0 Å². The Kier molecular flexibility index (Phi) is 5.28. The number of hydrogen-bond donors (Lipinski definition) is 0. The van der Waals surface area contributed by atoms with Crippen molar-refractivity contribution in [3.05, 3.63) is 0 Å². The number of aromatic nitrogens is 3. The molecule has 1 aromatic rings. The summed E-state index contributed by atoms with van der Waals surface area (Å²) in [4.78, 5) is 14.4. The number of hydrogen-bond acceptors (Lipinski definition) is 6. The Morgan fingerprint density at radius 3 is 0.897 bits per heavy atom. The van der Waals surface area contributed by atoms with Crippen LogP contribution in [0, 0.1) is 50.2 Å². The van der Waals surface area contributed by atoms with E-state index in [4.69, 9.17) is 29.2 Å². The molecule has 6 bridgehead atoms. The quantitative estimate of drug-likeness (QED) is 0.371. The zero-order valence-electron chi connectivity index (χ0n) is 25.9. The minimum absolute atomic E-state index is 0.104. The van der Waals surface area contributed by atoms with Gasteiger partial charge in [0.15, 0.2) is 0 Å². The van der Waals surface area contributed by atoms with Crippen LogP contribution in [0.25, 0.3) is 0 Å². The topological polar surface area (TPSA) is 66.4 Å². The second-order valence-electron chi connectivity index (χ2n) is 16.8. The predicted octanol–water partition coefficient (Wildman–Crippen LogP) is 7.65. The highest BCUT2D eigenvalue weighted by Gasteiger charge is 2.65. The van der Waals surface area contributed by atoms with E-state index in [9.17, 15) is 0 Å². The molecule has 6 aliphatic carbocycles. The van der Waals surface area contributed by atoms with Gasteiger partial charge in [-0.25, -0.2) is 0 Å². The predicted molar refractivity (Wildman–Crippen MR) is 151 cm³/mol. The van der Waals surface area contributed by atoms with Crippen molar-refractivity contribution in [1.82, 2.24) is 15.0 Å². The van der Waals surface area contributed by atoms with Crippen LogP contribution in [0.15, 0.2) is 0 Å². The van der Waals surface area contributed by atoms with Crippen molar-refractivity contribution in [3.63, 3.8) is 0 Å². The average molecular weight is 538 g/mol. The molecule has 6 unspecified atom stereocenters. The molecule has 39 heavy (non-hydrogen) atoms. The highest BCUT2D eigenvalue weighted by molar-refractivity contribution is 5.19. The van der Waals surface area contributed by atoms with E-state index in [0.29, 0.717) is 35.8 Å². The maximum absolute atomic E-state index is 6.69. The third-order valence-corrected chi connectivity index (χ3v) is 15.5. The Balaban J connectivity index is 1.19. The molecule has 0 N–H and O–H groups in total. The minimum atomic E-state index is 0.104. The molecule has 1 aromatic heterocycles. The summed E-state index contributed by atoms with van der Waals surface area (Å²) in [5, 5.41) is 0. The third-order valence-electron chi connectivity index (χ3n) is 15.5. The summed E-state index contributed by atoms with van der Waals surface area (Å²) in [5.74, 6) is 2.06. The maximum Gasteiger partial charge on any atom is 0.326 e. The van der Waals surface area contributed by atoms with Gasteiger partial charge in [-0.2, -0.15) is 0 Å². The Morgan fingerprint density at radius 1 is 0.462 bits per heavy atom. The fourth-order valence-electron chi connectivity index (χ4n) is 10.8. The van der Waals surface area contributed by atoms with E-state index in [1.54, 1.807) is 0 Å². The fourth-order valence-corrected chi connectivity index (χ4v) is 10.8. The summed E-state index contributed by atoms with van der Waals surface area (Å²) in [6.45, 7) is 21.7. The summed E-state index contributed by atoms with van der Waals surface area (Å²) >= 11 is 0. The van der Waals surface area contributed by atoms with Crippen LogP contribution in [0.2, 0.25) is 0 Å². The van der Waals surface area contributed by atoms with Crippen LogP contribution in [-0.4, -0.2) is 33.3 Å². The van der Waals surface area contributed by atoms with Gasteiger partial charge in [-0.3, -0.25) is 0 Å². The molecule has 6 fully saturated rings. The van der Waals surface area contributed by atoms with E-state index in [-0.39, 0.29) is 50.8 Å². The summed E-state index contributed by atoms with van der Waals surface area (Å²) in [6, 6.07) is 1.14. The standard InChI is InChI=1S/C33H51N3O3/c1-28(2)19-10-13-31(28,7)22(16-19)37-25-34-26(38-23-17-20-11-14-32(23,8)29(20,3)4)36-27(35-25)39-24-18-21-12-15-33(24,9)30(21,5)6/h19-24H,10-18H2,1-9H3/t19?,20?,21?,22-,23-,24-,31?,32?,33?/m1/s1. The van der Waals surface area contributed by atoms with Crippen LogP contribution in [0.5, 0.6) is 18.0 Å². The Hall–Kier alpha value is -1.59. The lowest BCUT2D eigenvalue weighted by Crippen LogP contribution is -2.40. The molecule has 1 heterocycles. The van der Waals surface area contributed by atoms with Gasteiger partial charge in [-0.1, -0.05) is 62.3 Å². The molecule has 0 spiro atoms. The van der Waals surface area contributed by atoms with E-state index in [1.165, 1.54) is 38.5 Å². The summed E-state index contributed by atoms with van der Waals surface area (Å²) < 4.78 is 20.1. The lowest BCUT2D eigenvalue weighted by molar-refractivity contribution is 0.00654. The van der Waals surface area contributed by atoms with Crippen molar-refractivity contribution < 1.29 is 14.2 Å². The van der Waals surface area contributed by atoms with Crippen LogP contribution >= 0.6 is 0 Å². The van der Waals surface area contributed by atoms with Gasteiger partial charge in [-0.15, -0.1) is 15.0 Å². The van der Waals surface area contributed by atoms with Crippen LogP contribution in [-0.2, 0) is 0 Å². The van der Waals surface area contributed by atoms with Crippen LogP contribution in [0.3, 0.4) is 0 Å². The molecule has 0 radical (unpaired) electrons. The minimum Gasteiger partial charge on any atom is -0.459 e. The Morgan fingerprint density at radius 2 is 0.718 bits per heavy atom. The molecule has 6 heteroatoms. The van der Waals surface area contributed by atoms with Crippen molar-refractivity contribution >= 4 is 0 Å². The van der Waals surface area contributed by atoms with E-state index < -0.39 is 0 Å². The van der Waals surface area contributed by atoms with E-state index in [0.717, 1.165) is 19.3 Å². The first-order chi connectivity index (χ1) is 18.1. The molecule has 0 amide bonds. The molecule has 216 valence electrons. The van der Waals surface area contributed by atoms with Gasteiger partial charge in [0.25, 0.3) is 0 Å². The third kappa shape index (κ3) is 3.24. The number of fused-ring (bicyclic) bond motifs is 6. The molecule has 6 nitrogen and oxygen atoms in total. The summed E-state index contributed by atoms with van der Waals surface area (Å²) in [6.07, 6.45) is 11.0. The zero-order valence-corrected chi connectivity index (χ0v) is 25.9. The Bertz CT molecular complexity index is 1030. The van der Waals surface area contributed by atoms with Gasteiger partial charge in [0, 0.05) is 16.2 Å². The highest BCUT2D eigenvalue weighted by Crippen LogP contribution is 2.68. The van der Waals surface area contributed by atoms with E-state index in [1.807, 2.05) is 0 Å². The highest BCUT2D eigenvalue weighted by atomic mass is 16.5. The first-order valence-corrected chi connectivity index (χ1v) is 15.9. The normalized spacial score (nSPS) is 47.6. The maximum atomic E-state index is 6.69. The SMILES string of the molecule is CC1(C)C2CCC1(C)[C@H](Oc1nc(O[C@@H]3CC4CCC3(C)C4(C)C)nc(O[C@@H]3CC4CCC3(C)C4(C)C)n1)C2. The molecule has 6 saturated carbocycles. The summed E-state index contributed by atoms with van der Waals surface area (Å²) in [7, 11) is 0. The van der Waals surface area contributed by atoms with Crippen LogP contribution < -0.4 is 14.2 Å². The summed E-state index contributed by atoms with van der Waals surface area (Å²) in [5.41, 5.74) is 1.14. The fraction of sp³-hybridized carbons (Fsp3) is 0.909. The van der Waals surface area contributed by atoms with Gasteiger partial charge in [-0.05, 0) is 91.8 Å². The molecular formula is C33H51N3O3. The molecule has 0 saturated heterocycles. The van der Waals surface area contributed by atoms with Gasteiger partial charge in [0.2, 0.25) is 0 Å². The van der Waals surface area contributed by atoms with Crippen molar-refractivity contribution in [1.29, 1.82) is 0 Å². The lowest BCUT2D eigenvalue weighted by Gasteiger charge is -2.39. The average Bonchev–Trinajstić information content (AvgIpc) is 3.49.